The fourth-order valence-corrected chi connectivity index (χ4v) is 7.28. The molecule has 8 nitrogen and oxygen atoms in total. The van der Waals surface area contributed by atoms with Gasteiger partial charge in [0.1, 0.15) is 46.0 Å². The molecule has 0 aliphatic carbocycles. The van der Waals surface area contributed by atoms with Gasteiger partial charge in [-0.25, -0.2) is 0 Å². The van der Waals surface area contributed by atoms with Crippen molar-refractivity contribution in [1.29, 1.82) is 0 Å². The van der Waals surface area contributed by atoms with E-state index in [9.17, 15) is 0 Å². The Morgan fingerprint density at radius 1 is 0.250 bits per heavy atom. The van der Waals surface area contributed by atoms with Crippen LogP contribution in [0.4, 0.5) is 22.7 Å². The molecule has 8 N–H and O–H groups in total. The molecule has 4 unspecified atom stereocenters. The summed E-state index contributed by atoms with van der Waals surface area (Å²) in [5.41, 5.74) is 31.0. The van der Waals surface area contributed by atoms with E-state index in [0.717, 1.165) is 57.4 Å². The van der Waals surface area contributed by atoms with Gasteiger partial charge in [-0.3, -0.25) is 0 Å². The van der Waals surface area contributed by atoms with Crippen molar-refractivity contribution in [3.05, 3.63) is 216 Å². The summed E-state index contributed by atoms with van der Waals surface area (Å²) in [5, 5.41) is 0. The molecule has 0 bridgehead atoms. The Hall–Kier alpha value is -7.84. The predicted octanol–water partition coefficient (Wildman–Crippen LogP) is 14.7. The van der Waals surface area contributed by atoms with Crippen molar-refractivity contribution >= 4 is 22.7 Å². The molecule has 0 spiro atoms. The second-order valence-electron chi connectivity index (χ2n) is 16.1. The average molecular weight is 849 g/mol. The molecular formula is C56H56N4O4. The number of ether oxygens (including phenoxy) is 4. The van der Waals surface area contributed by atoms with Gasteiger partial charge in [0.25, 0.3) is 0 Å². The lowest BCUT2D eigenvalue weighted by Gasteiger charge is -2.21. The molecule has 8 rings (SSSR count). The van der Waals surface area contributed by atoms with Crippen LogP contribution in [-0.4, -0.2) is 0 Å². The van der Waals surface area contributed by atoms with Crippen molar-refractivity contribution in [2.24, 2.45) is 0 Å². The molecule has 0 aliphatic heterocycles. The zero-order valence-electron chi connectivity index (χ0n) is 36.7. The topological polar surface area (TPSA) is 141 Å². The molecule has 0 aromatic heterocycles. The third-order valence-electron chi connectivity index (χ3n) is 11.5. The molecule has 0 saturated carbocycles. The molecule has 8 aromatic carbocycles. The Balaban J connectivity index is 0.000000191. The first kappa shape index (κ1) is 44.2. The minimum atomic E-state index is 0.345. The first-order valence-corrected chi connectivity index (χ1v) is 21.5. The van der Waals surface area contributed by atoms with Crippen molar-refractivity contribution in [2.45, 2.75) is 51.4 Å². The van der Waals surface area contributed by atoms with Gasteiger partial charge < -0.3 is 41.9 Å². The zero-order chi connectivity index (χ0) is 45.0. The van der Waals surface area contributed by atoms with Gasteiger partial charge in [0.15, 0.2) is 0 Å². The average Bonchev–Trinajstić information content (AvgIpc) is 3.31. The van der Waals surface area contributed by atoms with E-state index in [4.69, 9.17) is 41.9 Å². The van der Waals surface area contributed by atoms with Gasteiger partial charge in [-0.1, -0.05) is 88.4 Å². The van der Waals surface area contributed by atoms with Gasteiger partial charge in [-0.05, 0) is 167 Å². The number of nitrogens with two attached hydrogens (primary N) is 4. The first-order chi connectivity index (χ1) is 30.9. The molecule has 4 atom stereocenters. The van der Waals surface area contributed by atoms with Crippen molar-refractivity contribution < 1.29 is 18.9 Å². The molecule has 324 valence electrons. The molecular weight excluding hydrogens is 793 g/mol. The third-order valence-corrected chi connectivity index (χ3v) is 11.5. The van der Waals surface area contributed by atoms with Crippen LogP contribution >= 0.6 is 0 Å². The third kappa shape index (κ3) is 12.2. The van der Waals surface area contributed by atoms with Gasteiger partial charge in [0, 0.05) is 34.9 Å². The van der Waals surface area contributed by atoms with Gasteiger partial charge in [0.2, 0.25) is 0 Å². The predicted molar refractivity (Wildman–Crippen MR) is 263 cm³/mol. The number of hydrogen-bond acceptors (Lipinski definition) is 8. The van der Waals surface area contributed by atoms with Crippen LogP contribution in [0.1, 0.15) is 73.6 Å². The Labute approximate surface area is 377 Å². The summed E-state index contributed by atoms with van der Waals surface area (Å²) in [6, 6.07) is 62.8. The van der Waals surface area contributed by atoms with E-state index in [1.807, 2.05) is 146 Å². The highest BCUT2D eigenvalue weighted by Crippen LogP contribution is 2.37. The fraction of sp³-hybridized carbons (Fsp3) is 0.143. The lowest BCUT2D eigenvalue weighted by molar-refractivity contribution is 0.481. The summed E-state index contributed by atoms with van der Waals surface area (Å²) in [6.07, 6.45) is 0. The maximum absolute atomic E-state index is 5.91. The number of hydrogen-bond donors (Lipinski definition) is 4. The molecule has 0 fully saturated rings. The Morgan fingerprint density at radius 3 is 0.703 bits per heavy atom. The van der Waals surface area contributed by atoms with Crippen molar-refractivity contribution in [3.63, 3.8) is 0 Å². The Kier molecular flexibility index (Phi) is 14.4. The van der Waals surface area contributed by atoms with E-state index in [0.29, 0.717) is 35.0 Å². The molecule has 0 heterocycles. The van der Waals surface area contributed by atoms with Crippen molar-refractivity contribution in [3.8, 4) is 46.0 Å². The number of nitrogen functional groups attached to an aromatic ring is 4. The van der Waals surface area contributed by atoms with E-state index in [1.165, 1.54) is 22.3 Å². The summed E-state index contributed by atoms with van der Waals surface area (Å²) in [5.74, 6) is 7.61. The largest absolute Gasteiger partial charge is 0.457 e. The molecule has 0 radical (unpaired) electrons. The number of rotatable bonds is 14. The van der Waals surface area contributed by atoms with E-state index >= 15 is 0 Å². The van der Waals surface area contributed by atoms with Crippen LogP contribution < -0.4 is 41.9 Å². The van der Waals surface area contributed by atoms with E-state index < -0.39 is 0 Å². The second kappa shape index (κ2) is 20.8. The SMILES string of the molecule is CC(c1ccc(Oc2ccc(N)cc2)cc1)C(C)c1ccc(Oc2ccc(N)cc2)cc1.CC(c1ccc(Oc2cccc(N)c2)cc1)C(C)c1ccc(Oc2cccc(N)c2)cc1. The van der Waals surface area contributed by atoms with Gasteiger partial charge >= 0.3 is 0 Å². The van der Waals surface area contributed by atoms with Crippen LogP contribution in [0.25, 0.3) is 0 Å². The highest BCUT2D eigenvalue weighted by atomic mass is 16.5. The van der Waals surface area contributed by atoms with Crippen LogP contribution in [0, 0.1) is 0 Å². The quantitative estimate of drug-likeness (QED) is 0.0793. The standard InChI is InChI=1S/2C28H28N2O2/c1-19(21-3-11-25(12-4-21)31-27-15-7-23(29)8-16-27)20(2)22-5-13-26(14-6-22)32-28-17-9-24(30)10-18-28;1-19(21-9-13-25(14-10-21)31-27-7-3-5-23(29)17-27)20(2)22-11-15-26(16-12-22)32-28-8-4-6-24(30)18-28/h2*3-20H,29-30H2,1-2H3. The molecule has 64 heavy (non-hydrogen) atoms. The van der Waals surface area contributed by atoms with Crippen LogP contribution in [-0.2, 0) is 0 Å². The highest BCUT2D eigenvalue weighted by Gasteiger charge is 2.18. The van der Waals surface area contributed by atoms with Gasteiger partial charge in [-0.2, -0.15) is 0 Å². The van der Waals surface area contributed by atoms with Gasteiger partial charge in [-0.15, -0.1) is 0 Å². The van der Waals surface area contributed by atoms with E-state index in [1.54, 1.807) is 0 Å². The minimum Gasteiger partial charge on any atom is -0.457 e. The Morgan fingerprint density at radius 2 is 0.469 bits per heavy atom. The fourth-order valence-electron chi connectivity index (χ4n) is 7.28. The van der Waals surface area contributed by atoms with E-state index in [2.05, 4.69) is 76.2 Å². The normalized spacial score (nSPS) is 12.7. The van der Waals surface area contributed by atoms with Crippen LogP contribution in [0.3, 0.4) is 0 Å². The first-order valence-electron chi connectivity index (χ1n) is 21.5. The van der Waals surface area contributed by atoms with E-state index in [-0.39, 0.29) is 0 Å². The number of benzene rings is 8. The maximum Gasteiger partial charge on any atom is 0.129 e. The Bertz CT molecular complexity index is 2500. The summed E-state index contributed by atoms with van der Waals surface area (Å²) in [6.45, 7) is 8.99. The van der Waals surface area contributed by atoms with Crippen LogP contribution in [0.2, 0.25) is 0 Å². The molecule has 8 heteroatoms. The summed E-state index contributed by atoms with van der Waals surface area (Å²) < 4.78 is 23.6. The van der Waals surface area contributed by atoms with Gasteiger partial charge in [0.05, 0.1) is 0 Å². The van der Waals surface area contributed by atoms with Crippen LogP contribution in [0.15, 0.2) is 194 Å². The molecule has 8 aromatic rings. The zero-order valence-corrected chi connectivity index (χ0v) is 36.7. The minimum absolute atomic E-state index is 0.345. The monoisotopic (exact) mass is 848 g/mol. The number of anilines is 4. The summed E-state index contributed by atoms with van der Waals surface area (Å²) in [7, 11) is 0. The lowest BCUT2D eigenvalue weighted by atomic mass is 9.84. The summed E-state index contributed by atoms with van der Waals surface area (Å²) >= 11 is 0. The second-order valence-corrected chi connectivity index (χ2v) is 16.1. The van der Waals surface area contributed by atoms with Crippen molar-refractivity contribution in [1.82, 2.24) is 0 Å². The molecule has 0 saturated heterocycles. The van der Waals surface area contributed by atoms with Crippen LogP contribution in [0.5, 0.6) is 46.0 Å². The maximum atomic E-state index is 5.91. The molecule has 0 aliphatic rings. The molecule has 0 amide bonds. The highest BCUT2D eigenvalue weighted by molar-refractivity contribution is 5.48. The lowest BCUT2D eigenvalue weighted by Crippen LogP contribution is -2.05. The van der Waals surface area contributed by atoms with Crippen molar-refractivity contribution in [2.75, 3.05) is 22.9 Å². The summed E-state index contributed by atoms with van der Waals surface area (Å²) in [4.78, 5) is 0. The smallest absolute Gasteiger partial charge is 0.129 e.